The third kappa shape index (κ3) is 8.03. The number of rotatable bonds is 5. The van der Waals surface area contributed by atoms with Crippen molar-refractivity contribution in [3.8, 4) is 0 Å². The minimum absolute atomic E-state index is 0.243. The second-order valence-corrected chi connectivity index (χ2v) is 2.17. The molecule has 56 valence electrons. The lowest BCUT2D eigenvalue weighted by Crippen LogP contribution is -2.02. The summed E-state index contributed by atoms with van der Waals surface area (Å²) < 4.78 is 23.6. The number of hydrogen-bond donors (Lipinski definition) is 1. The van der Waals surface area contributed by atoms with Crippen LogP contribution in [0, 0.1) is 0 Å². The first-order chi connectivity index (χ1) is 4.27. The molecule has 0 aliphatic heterocycles. The lowest BCUT2D eigenvalue weighted by molar-refractivity contribution is 0.293. The summed E-state index contributed by atoms with van der Waals surface area (Å²) in [6, 6.07) is 0. The van der Waals surface area contributed by atoms with Crippen LogP contribution in [-0.2, 0) is 15.5 Å². The van der Waals surface area contributed by atoms with Crippen LogP contribution in [0.25, 0.3) is 0 Å². The maximum atomic E-state index is 9.71. The topological polar surface area (TPSA) is 75.4 Å². The zero-order valence-corrected chi connectivity index (χ0v) is 5.86. The Kier molecular flexibility index (Phi) is 6.18. The molecule has 0 aromatic rings. The Hall–Kier alpha value is 0.0300. The van der Waals surface area contributed by atoms with Gasteiger partial charge in [0.1, 0.15) is 0 Å². The molecule has 9 heavy (non-hydrogen) atoms. The molecule has 0 aromatic carbocycles. The Morgan fingerprint density at radius 3 is 2.67 bits per heavy atom. The normalized spacial score (nSPS) is 13.6. The average molecular weight is 152 g/mol. The van der Waals surface area contributed by atoms with Crippen LogP contribution >= 0.6 is 0 Å². The zero-order chi connectivity index (χ0) is 7.11. The summed E-state index contributed by atoms with van der Waals surface area (Å²) in [6.07, 6.45) is 1.50. The van der Waals surface area contributed by atoms with Gasteiger partial charge in [-0.3, -0.25) is 0 Å². The first-order valence-corrected chi connectivity index (χ1v) is 3.70. The first kappa shape index (κ1) is 9.03. The number of unbranched alkanes of at least 4 members (excludes halogenated alkanes) is 1. The van der Waals surface area contributed by atoms with Crippen molar-refractivity contribution in [1.29, 1.82) is 0 Å². The Morgan fingerprint density at radius 2 is 2.22 bits per heavy atom. The SMILES string of the molecule is NCCCCOS(=O)[O-]. The van der Waals surface area contributed by atoms with E-state index < -0.39 is 11.4 Å². The predicted octanol–water partition coefficient (Wildman–Crippen LogP) is -0.464. The molecule has 5 heteroatoms. The third-order valence-corrected chi connectivity index (χ3v) is 1.14. The number of nitrogens with two attached hydrogens (primary N) is 1. The van der Waals surface area contributed by atoms with E-state index in [4.69, 9.17) is 5.73 Å². The van der Waals surface area contributed by atoms with Gasteiger partial charge in [-0.1, -0.05) is 0 Å². The molecule has 0 bridgehead atoms. The molecule has 1 atom stereocenters. The van der Waals surface area contributed by atoms with Crippen molar-refractivity contribution in [1.82, 2.24) is 0 Å². The molecule has 2 N–H and O–H groups in total. The number of hydrogen-bond acceptors (Lipinski definition) is 4. The van der Waals surface area contributed by atoms with Crippen molar-refractivity contribution in [2.45, 2.75) is 12.8 Å². The summed E-state index contributed by atoms with van der Waals surface area (Å²) in [5, 5.41) is 0. The summed E-state index contributed by atoms with van der Waals surface area (Å²) >= 11 is -2.36. The molecule has 0 saturated heterocycles. The monoisotopic (exact) mass is 152 g/mol. The summed E-state index contributed by atoms with van der Waals surface area (Å²) in [5.41, 5.74) is 5.14. The fourth-order valence-corrected chi connectivity index (χ4v) is 0.627. The van der Waals surface area contributed by atoms with Crippen LogP contribution in [0.2, 0.25) is 0 Å². The van der Waals surface area contributed by atoms with Crippen LogP contribution in [0.1, 0.15) is 12.8 Å². The molecule has 0 amide bonds. The first-order valence-electron chi connectivity index (χ1n) is 2.70. The molecule has 0 aromatic heterocycles. The van der Waals surface area contributed by atoms with Crippen LogP contribution < -0.4 is 5.73 Å². The molecule has 0 saturated carbocycles. The summed E-state index contributed by atoms with van der Waals surface area (Å²) in [7, 11) is 0. The van der Waals surface area contributed by atoms with Crippen molar-refractivity contribution in [2.75, 3.05) is 13.2 Å². The van der Waals surface area contributed by atoms with Gasteiger partial charge in [0.05, 0.1) is 18.0 Å². The smallest absolute Gasteiger partial charge is 0.0842 e. The van der Waals surface area contributed by atoms with Gasteiger partial charge >= 0.3 is 0 Å². The van der Waals surface area contributed by atoms with Gasteiger partial charge < -0.3 is 14.5 Å². The maximum Gasteiger partial charge on any atom is 0.0842 e. The highest BCUT2D eigenvalue weighted by Crippen LogP contribution is 1.88. The van der Waals surface area contributed by atoms with Crippen LogP contribution in [0.4, 0.5) is 0 Å². The van der Waals surface area contributed by atoms with Crippen LogP contribution in [0.15, 0.2) is 0 Å². The van der Waals surface area contributed by atoms with Gasteiger partial charge in [-0.25, -0.2) is 4.21 Å². The molecule has 0 spiro atoms. The quantitative estimate of drug-likeness (QED) is 0.427. The molecular formula is C4H10NO3S-. The molecule has 1 unspecified atom stereocenters. The van der Waals surface area contributed by atoms with E-state index in [1.54, 1.807) is 0 Å². The standard InChI is InChI=1S/C4H11NO3S/c5-3-1-2-4-8-9(6)7/h1-5H2,(H,6,7)/p-1. The fourth-order valence-electron chi connectivity index (χ4n) is 0.373. The third-order valence-electron chi connectivity index (χ3n) is 0.778. The van der Waals surface area contributed by atoms with Crippen molar-refractivity contribution < 1.29 is 12.9 Å². The van der Waals surface area contributed by atoms with Gasteiger partial charge in [-0.2, -0.15) is 0 Å². The molecule has 0 aliphatic rings. The Morgan fingerprint density at radius 1 is 1.56 bits per heavy atom. The highest BCUT2D eigenvalue weighted by molar-refractivity contribution is 7.74. The molecule has 0 rings (SSSR count). The summed E-state index contributed by atoms with van der Waals surface area (Å²) in [4.78, 5) is 0. The largest absolute Gasteiger partial charge is 0.750 e. The summed E-state index contributed by atoms with van der Waals surface area (Å²) in [5.74, 6) is 0. The molecule has 0 aliphatic carbocycles. The second-order valence-electron chi connectivity index (χ2n) is 1.52. The Balaban J connectivity index is 2.83. The van der Waals surface area contributed by atoms with Gasteiger partial charge in [0, 0.05) is 0 Å². The van der Waals surface area contributed by atoms with Gasteiger partial charge in [0.25, 0.3) is 0 Å². The van der Waals surface area contributed by atoms with E-state index in [0.29, 0.717) is 13.0 Å². The van der Waals surface area contributed by atoms with Crippen LogP contribution in [0.3, 0.4) is 0 Å². The highest BCUT2D eigenvalue weighted by Gasteiger charge is 1.85. The predicted molar refractivity (Wildman–Crippen MR) is 33.2 cm³/mol. The molecular weight excluding hydrogens is 142 g/mol. The zero-order valence-electron chi connectivity index (χ0n) is 5.04. The van der Waals surface area contributed by atoms with E-state index in [1.165, 1.54) is 0 Å². The van der Waals surface area contributed by atoms with Crippen molar-refractivity contribution in [3.05, 3.63) is 0 Å². The summed E-state index contributed by atoms with van der Waals surface area (Å²) in [6.45, 7) is 0.822. The fraction of sp³-hybridized carbons (Fsp3) is 1.00. The molecule has 0 fully saturated rings. The lowest BCUT2D eigenvalue weighted by Gasteiger charge is -2.03. The maximum absolute atomic E-state index is 9.71. The van der Waals surface area contributed by atoms with Gasteiger partial charge in [-0.15, -0.1) is 0 Å². The van der Waals surface area contributed by atoms with E-state index in [1.807, 2.05) is 0 Å². The van der Waals surface area contributed by atoms with E-state index in [2.05, 4.69) is 4.18 Å². The molecule has 0 radical (unpaired) electrons. The van der Waals surface area contributed by atoms with Crippen molar-refractivity contribution >= 4 is 11.4 Å². The average Bonchev–Trinajstić information content (AvgIpc) is 1.80. The molecule has 4 nitrogen and oxygen atoms in total. The minimum atomic E-state index is -2.36. The van der Waals surface area contributed by atoms with E-state index in [-0.39, 0.29) is 6.61 Å². The van der Waals surface area contributed by atoms with Gasteiger partial charge in [0.2, 0.25) is 0 Å². The Bertz CT molecular complexity index is 87.9. The van der Waals surface area contributed by atoms with Crippen molar-refractivity contribution in [2.24, 2.45) is 5.73 Å². The Labute approximate surface area is 56.9 Å². The lowest BCUT2D eigenvalue weighted by atomic mass is 10.3. The second kappa shape index (κ2) is 6.15. The highest BCUT2D eigenvalue weighted by atomic mass is 32.2. The van der Waals surface area contributed by atoms with E-state index in [9.17, 15) is 8.76 Å². The molecule has 0 heterocycles. The van der Waals surface area contributed by atoms with Crippen LogP contribution in [0.5, 0.6) is 0 Å². The van der Waals surface area contributed by atoms with Crippen molar-refractivity contribution in [3.63, 3.8) is 0 Å². The van der Waals surface area contributed by atoms with Gasteiger partial charge in [-0.05, 0) is 19.4 Å². The van der Waals surface area contributed by atoms with E-state index >= 15 is 0 Å². The van der Waals surface area contributed by atoms with Crippen LogP contribution in [-0.4, -0.2) is 21.9 Å². The minimum Gasteiger partial charge on any atom is -0.750 e. The van der Waals surface area contributed by atoms with Gasteiger partial charge in [0.15, 0.2) is 0 Å². The van der Waals surface area contributed by atoms with E-state index in [0.717, 1.165) is 6.42 Å².